The molecule has 4 rings (SSSR count). The maximum atomic E-state index is 12.4. The molecule has 0 spiro atoms. The van der Waals surface area contributed by atoms with E-state index in [-0.39, 0.29) is 18.0 Å². The molecule has 8 nitrogen and oxygen atoms in total. The van der Waals surface area contributed by atoms with Crippen LogP contribution in [0.5, 0.6) is 5.75 Å². The minimum Gasteiger partial charge on any atom is -0.491 e. The number of carbonyl (C=O) groups excluding carboxylic acids is 2. The number of ether oxygens (including phenoxy) is 1. The number of carbonyl (C=O) groups is 2. The molecule has 0 aliphatic carbocycles. The predicted octanol–water partition coefficient (Wildman–Crippen LogP) is 4.26. The largest absolute Gasteiger partial charge is 0.491 e. The highest BCUT2D eigenvalue weighted by Gasteiger charge is 2.23. The van der Waals surface area contributed by atoms with Gasteiger partial charge in [-0.1, -0.05) is 6.07 Å². The van der Waals surface area contributed by atoms with Gasteiger partial charge in [0.1, 0.15) is 5.75 Å². The second-order valence-corrected chi connectivity index (χ2v) is 8.90. The fraction of sp³-hybridized carbons (Fsp3) is 0.346. The van der Waals surface area contributed by atoms with Gasteiger partial charge in [0, 0.05) is 56.5 Å². The third-order valence-corrected chi connectivity index (χ3v) is 5.61. The summed E-state index contributed by atoms with van der Waals surface area (Å²) in [4.78, 5) is 32.3. The molecule has 1 aliphatic heterocycles. The van der Waals surface area contributed by atoms with Crippen LogP contribution in [0.3, 0.4) is 0 Å². The van der Waals surface area contributed by atoms with E-state index in [0.29, 0.717) is 42.5 Å². The highest BCUT2D eigenvalue weighted by Crippen LogP contribution is 2.32. The molecule has 0 bridgehead atoms. The smallest absolute Gasteiger partial charge is 0.321 e. The molecule has 3 amide bonds. The molecular weight excluding hydrogens is 432 g/mol. The number of urea groups is 1. The molecule has 1 aliphatic rings. The maximum absolute atomic E-state index is 12.4. The van der Waals surface area contributed by atoms with Crippen molar-refractivity contribution in [2.75, 3.05) is 32.1 Å². The van der Waals surface area contributed by atoms with Crippen molar-refractivity contribution in [2.24, 2.45) is 0 Å². The molecule has 0 atom stereocenters. The zero-order valence-electron chi connectivity index (χ0n) is 20.2. The van der Waals surface area contributed by atoms with Crippen LogP contribution in [0.15, 0.2) is 47.0 Å². The molecule has 1 aromatic heterocycles. The lowest BCUT2D eigenvalue weighted by Crippen LogP contribution is -2.27. The SMILES string of the molecule is Cc1ccc(C(=O)N(C)C)cc1Cc1ncc(-c2cc(OC(C)C)cc(N3CCNC3=O)c2)o1. The monoisotopic (exact) mass is 462 g/mol. The quantitative estimate of drug-likeness (QED) is 0.567. The Morgan fingerprint density at radius 3 is 2.71 bits per heavy atom. The third-order valence-electron chi connectivity index (χ3n) is 5.61. The summed E-state index contributed by atoms with van der Waals surface area (Å²) in [6.45, 7) is 7.11. The average molecular weight is 463 g/mol. The first-order chi connectivity index (χ1) is 16.2. The van der Waals surface area contributed by atoms with Gasteiger partial charge in [-0.2, -0.15) is 0 Å². The fourth-order valence-electron chi connectivity index (χ4n) is 3.88. The van der Waals surface area contributed by atoms with Gasteiger partial charge in [0.15, 0.2) is 11.7 Å². The Balaban J connectivity index is 1.63. The lowest BCUT2D eigenvalue weighted by Gasteiger charge is -2.18. The van der Waals surface area contributed by atoms with E-state index in [0.717, 1.165) is 22.4 Å². The van der Waals surface area contributed by atoms with Crippen LogP contribution in [0, 0.1) is 6.92 Å². The molecule has 2 heterocycles. The number of hydrogen-bond acceptors (Lipinski definition) is 5. The topological polar surface area (TPSA) is 87.9 Å². The van der Waals surface area contributed by atoms with Crippen LogP contribution in [0.4, 0.5) is 10.5 Å². The molecule has 8 heteroatoms. The average Bonchev–Trinajstić information content (AvgIpc) is 3.43. The molecule has 0 radical (unpaired) electrons. The first-order valence-electron chi connectivity index (χ1n) is 11.3. The molecule has 0 saturated carbocycles. The first kappa shape index (κ1) is 23.4. The number of benzene rings is 2. The number of oxazole rings is 1. The zero-order valence-corrected chi connectivity index (χ0v) is 20.2. The third kappa shape index (κ3) is 5.06. The van der Waals surface area contributed by atoms with Crippen LogP contribution in [-0.4, -0.2) is 55.1 Å². The standard InChI is InChI=1S/C26H30N4O4/c1-16(2)33-22-12-20(11-21(14-22)30-9-8-27-26(30)32)23-15-28-24(34-23)13-19-10-18(7-6-17(19)3)25(31)29(4)5/h6-7,10-12,14-16H,8-9,13H2,1-5H3,(H,27,32). The molecule has 178 valence electrons. The second-order valence-electron chi connectivity index (χ2n) is 8.90. The van der Waals surface area contributed by atoms with Crippen LogP contribution < -0.4 is 15.0 Å². The van der Waals surface area contributed by atoms with E-state index in [1.165, 1.54) is 0 Å². The number of nitrogens with one attached hydrogen (secondary N) is 1. The van der Waals surface area contributed by atoms with Crippen LogP contribution in [0.1, 0.15) is 41.2 Å². The number of rotatable bonds is 7. The summed E-state index contributed by atoms with van der Waals surface area (Å²) >= 11 is 0. The summed E-state index contributed by atoms with van der Waals surface area (Å²) in [5.41, 5.74) is 4.19. The molecule has 1 saturated heterocycles. The van der Waals surface area contributed by atoms with Crippen LogP contribution in [0.25, 0.3) is 11.3 Å². The van der Waals surface area contributed by atoms with Crippen molar-refractivity contribution in [1.82, 2.24) is 15.2 Å². The van der Waals surface area contributed by atoms with Crippen molar-refractivity contribution in [3.8, 4) is 17.1 Å². The van der Waals surface area contributed by atoms with E-state index >= 15 is 0 Å². The van der Waals surface area contributed by atoms with Crippen molar-refractivity contribution >= 4 is 17.6 Å². The van der Waals surface area contributed by atoms with Crippen molar-refractivity contribution < 1.29 is 18.7 Å². The Labute approximate surface area is 199 Å². The fourth-order valence-corrected chi connectivity index (χ4v) is 3.88. The Morgan fingerprint density at radius 1 is 1.24 bits per heavy atom. The molecular formula is C26H30N4O4. The Hall–Kier alpha value is -3.81. The van der Waals surface area contributed by atoms with Gasteiger partial charge in [0.05, 0.1) is 12.3 Å². The molecule has 3 aromatic rings. The zero-order chi connectivity index (χ0) is 24.4. The van der Waals surface area contributed by atoms with Gasteiger partial charge in [0.25, 0.3) is 5.91 Å². The molecule has 0 unspecified atom stereocenters. The van der Waals surface area contributed by atoms with E-state index in [4.69, 9.17) is 9.15 Å². The number of amides is 3. The van der Waals surface area contributed by atoms with E-state index in [9.17, 15) is 9.59 Å². The van der Waals surface area contributed by atoms with Crippen LogP contribution >= 0.6 is 0 Å². The lowest BCUT2D eigenvalue weighted by molar-refractivity contribution is 0.0827. The van der Waals surface area contributed by atoms with Gasteiger partial charge in [-0.25, -0.2) is 9.78 Å². The molecule has 1 N–H and O–H groups in total. The van der Waals surface area contributed by atoms with Gasteiger partial charge in [-0.05, 0) is 56.2 Å². The van der Waals surface area contributed by atoms with Gasteiger partial charge in [-0.15, -0.1) is 0 Å². The summed E-state index contributed by atoms with van der Waals surface area (Å²) in [5, 5.41) is 2.83. The van der Waals surface area contributed by atoms with Crippen LogP contribution in [-0.2, 0) is 6.42 Å². The van der Waals surface area contributed by atoms with Crippen LogP contribution in [0.2, 0.25) is 0 Å². The number of aromatic nitrogens is 1. The van der Waals surface area contributed by atoms with Gasteiger partial charge in [-0.3, -0.25) is 9.69 Å². The maximum Gasteiger partial charge on any atom is 0.321 e. The number of nitrogens with zero attached hydrogens (tertiary/aromatic N) is 3. The van der Waals surface area contributed by atoms with E-state index < -0.39 is 0 Å². The summed E-state index contributed by atoms with van der Waals surface area (Å²) in [6.07, 6.45) is 2.13. The van der Waals surface area contributed by atoms with Crippen molar-refractivity contribution in [3.05, 3.63) is 65.2 Å². The summed E-state index contributed by atoms with van der Waals surface area (Å²) in [6, 6.07) is 11.2. The van der Waals surface area contributed by atoms with Gasteiger partial charge < -0.3 is 19.4 Å². The van der Waals surface area contributed by atoms with E-state index in [1.54, 1.807) is 30.1 Å². The van der Waals surface area contributed by atoms with Gasteiger partial charge >= 0.3 is 6.03 Å². The van der Waals surface area contributed by atoms with Gasteiger partial charge in [0.2, 0.25) is 0 Å². The Kier molecular flexibility index (Phi) is 6.58. The highest BCUT2D eigenvalue weighted by molar-refractivity contribution is 5.95. The minimum atomic E-state index is -0.131. The molecule has 2 aromatic carbocycles. The summed E-state index contributed by atoms with van der Waals surface area (Å²) in [5.74, 6) is 1.74. The second kappa shape index (κ2) is 9.59. The van der Waals surface area contributed by atoms with Crippen molar-refractivity contribution in [2.45, 2.75) is 33.3 Å². The minimum absolute atomic E-state index is 0.0130. The first-order valence-corrected chi connectivity index (χ1v) is 11.3. The Bertz CT molecular complexity index is 1220. The Morgan fingerprint density at radius 2 is 2.03 bits per heavy atom. The van der Waals surface area contributed by atoms with E-state index in [2.05, 4.69) is 10.3 Å². The summed E-state index contributed by atoms with van der Waals surface area (Å²) < 4.78 is 12.0. The molecule has 1 fully saturated rings. The van der Waals surface area contributed by atoms with E-state index in [1.807, 2.05) is 57.2 Å². The number of anilines is 1. The highest BCUT2D eigenvalue weighted by atomic mass is 16.5. The lowest BCUT2D eigenvalue weighted by atomic mass is 10.0. The number of hydrogen-bond donors (Lipinski definition) is 1. The van der Waals surface area contributed by atoms with Crippen molar-refractivity contribution in [3.63, 3.8) is 0 Å². The number of aryl methyl sites for hydroxylation is 1. The summed E-state index contributed by atoms with van der Waals surface area (Å²) in [7, 11) is 3.47. The predicted molar refractivity (Wildman–Crippen MR) is 130 cm³/mol. The normalized spacial score (nSPS) is 13.4. The molecule has 34 heavy (non-hydrogen) atoms. The van der Waals surface area contributed by atoms with Crippen molar-refractivity contribution in [1.29, 1.82) is 0 Å².